The Morgan fingerprint density at radius 3 is 2.62 bits per heavy atom. The molecule has 1 aromatic carbocycles. The van der Waals surface area contributed by atoms with Crippen molar-refractivity contribution < 1.29 is 8.42 Å². The molecule has 0 atom stereocenters. The van der Waals surface area contributed by atoms with Gasteiger partial charge in [0, 0.05) is 19.3 Å². The molecule has 0 bridgehead atoms. The summed E-state index contributed by atoms with van der Waals surface area (Å²) in [5.74, 6) is 0.415. The van der Waals surface area contributed by atoms with Crippen molar-refractivity contribution in [2.45, 2.75) is 37.0 Å². The largest absolute Gasteiger partial charge is 0.399 e. The van der Waals surface area contributed by atoms with Gasteiger partial charge in [0.05, 0.1) is 5.56 Å². The van der Waals surface area contributed by atoms with Crippen LogP contribution in [0.15, 0.2) is 23.1 Å². The summed E-state index contributed by atoms with van der Waals surface area (Å²) < 4.78 is 26.6. The summed E-state index contributed by atoms with van der Waals surface area (Å²) in [6.07, 6.45) is 5.73. The molecule has 114 valence electrons. The molecule has 1 saturated carbocycles. The molecule has 1 fully saturated rings. The quantitative estimate of drug-likeness (QED) is 0.865. The van der Waals surface area contributed by atoms with Gasteiger partial charge >= 0.3 is 0 Å². The number of rotatable bonds is 4. The fourth-order valence-electron chi connectivity index (χ4n) is 2.86. The molecule has 6 heteroatoms. The fourth-order valence-corrected chi connectivity index (χ4v) is 4.22. The molecule has 5 nitrogen and oxygen atoms in total. The van der Waals surface area contributed by atoms with E-state index in [2.05, 4.69) is 0 Å². The number of nitrogens with two attached hydrogens (primary N) is 1. The monoisotopic (exact) mass is 307 g/mol. The van der Waals surface area contributed by atoms with E-state index in [-0.39, 0.29) is 10.5 Å². The second kappa shape index (κ2) is 6.46. The second-order valence-electron chi connectivity index (χ2n) is 5.66. The van der Waals surface area contributed by atoms with Crippen LogP contribution in [0.4, 0.5) is 5.69 Å². The minimum Gasteiger partial charge on any atom is -0.399 e. The van der Waals surface area contributed by atoms with E-state index in [1.54, 1.807) is 7.05 Å². The van der Waals surface area contributed by atoms with Crippen molar-refractivity contribution in [3.63, 3.8) is 0 Å². The van der Waals surface area contributed by atoms with Gasteiger partial charge < -0.3 is 5.73 Å². The molecule has 0 aromatic heterocycles. The lowest BCUT2D eigenvalue weighted by Gasteiger charge is -2.26. The van der Waals surface area contributed by atoms with Gasteiger partial charge in [-0.05, 0) is 37.0 Å². The molecule has 0 unspecified atom stereocenters. The van der Waals surface area contributed by atoms with E-state index in [4.69, 9.17) is 11.0 Å². The van der Waals surface area contributed by atoms with Gasteiger partial charge in [0.25, 0.3) is 0 Å². The van der Waals surface area contributed by atoms with Crippen LogP contribution in [0.1, 0.15) is 37.7 Å². The van der Waals surface area contributed by atoms with Gasteiger partial charge in [-0.1, -0.05) is 19.3 Å². The first-order valence-electron chi connectivity index (χ1n) is 7.21. The summed E-state index contributed by atoms with van der Waals surface area (Å²) in [6, 6.07) is 6.25. The Morgan fingerprint density at radius 1 is 1.33 bits per heavy atom. The van der Waals surface area contributed by atoms with Gasteiger partial charge in [-0.3, -0.25) is 0 Å². The third kappa shape index (κ3) is 3.55. The van der Waals surface area contributed by atoms with Crippen molar-refractivity contribution in [3.05, 3.63) is 23.8 Å². The van der Waals surface area contributed by atoms with Crippen LogP contribution in [-0.2, 0) is 10.0 Å². The van der Waals surface area contributed by atoms with E-state index in [1.165, 1.54) is 41.8 Å². The zero-order valence-corrected chi connectivity index (χ0v) is 13.1. The van der Waals surface area contributed by atoms with Crippen molar-refractivity contribution in [1.82, 2.24) is 4.31 Å². The molecule has 1 aliphatic rings. The van der Waals surface area contributed by atoms with Crippen LogP contribution >= 0.6 is 0 Å². The number of nitrogens with zero attached hydrogens (tertiary/aromatic N) is 2. The van der Waals surface area contributed by atoms with Crippen molar-refractivity contribution >= 4 is 15.7 Å². The smallest absolute Gasteiger partial charge is 0.244 e. The molecule has 2 rings (SSSR count). The van der Waals surface area contributed by atoms with Crippen LogP contribution in [0.5, 0.6) is 0 Å². The Morgan fingerprint density at radius 2 is 2.00 bits per heavy atom. The highest BCUT2D eigenvalue weighted by Crippen LogP contribution is 2.27. The number of nitriles is 1. The highest BCUT2D eigenvalue weighted by molar-refractivity contribution is 7.89. The molecular formula is C15H21N3O2S. The Kier molecular flexibility index (Phi) is 4.86. The maximum atomic E-state index is 12.6. The summed E-state index contributed by atoms with van der Waals surface area (Å²) in [4.78, 5) is 0.0394. The van der Waals surface area contributed by atoms with Crippen LogP contribution in [0.25, 0.3) is 0 Å². The Hall–Kier alpha value is -1.58. The number of anilines is 1. The topological polar surface area (TPSA) is 87.2 Å². The summed E-state index contributed by atoms with van der Waals surface area (Å²) in [5, 5.41) is 9.12. The first-order valence-corrected chi connectivity index (χ1v) is 8.65. The van der Waals surface area contributed by atoms with E-state index < -0.39 is 10.0 Å². The predicted octanol–water partition coefficient (Wildman–Crippen LogP) is 2.34. The van der Waals surface area contributed by atoms with Gasteiger partial charge in [0.15, 0.2) is 0 Å². The number of hydrogen-bond donors (Lipinski definition) is 1. The lowest BCUT2D eigenvalue weighted by atomic mass is 9.89. The zero-order valence-electron chi connectivity index (χ0n) is 12.2. The minimum atomic E-state index is -3.64. The first kappa shape index (κ1) is 15.8. The fraction of sp³-hybridized carbons (Fsp3) is 0.533. The third-order valence-corrected chi connectivity index (χ3v) is 5.93. The van der Waals surface area contributed by atoms with Crippen LogP contribution in [0.3, 0.4) is 0 Å². The second-order valence-corrected chi connectivity index (χ2v) is 7.67. The highest BCUT2D eigenvalue weighted by Gasteiger charge is 2.27. The van der Waals surface area contributed by atoms with Crippen LogP contribution in [0, 0.1) is 17.2 Å². The van der Waals surface area contributed by atoms with Crippen molar-refractivity contribution in [3.8, 4) is 6.07 Å². The predicted molar refractivity (Wildman–Crippen MR) is 82.0 cm³/mol. The average molecular weight is 307 g/mol. The number of sulfonamides is 1. The maximum Gasteiger partial charge on any atom is 0.244 e. The molecule has 0 amide bonds. The van der Waals surface area contributed by atoms with Crippen molar-refractivity contribution in [1.29, 1.82) is 5.26 Å². The molecule has 0 saturated heterocycles. The lowest BCUT2D eigenvalue weighted by molar-refractivity contribution is 0.300. The van der Waals surface area contributed by atoms with Crippen molar-refractivity contribution in [2.75, 3.05) is 19.3 Å². The van der Waals surface area contributed by atoms with Gasteiger partial charge in [0.1, 0.15) is 11.0 Å². The molecule has 1 aliphatic carbocycles. The molecule has 0 spiro atoms. The van der Waals surface area contributed by atoms with E-state index in [1.807, 2.05) is 6.07 Å². The minimum absolute atomic E-state index is 0.0394. The lowest BCUT2D eigenvalue weighted by Crippen LogP contribution is -2.33. The highest BCUT2D eigenvalue weighted by atomic mass is 32.2. The standard InChI is InChI=1S/C15H21N3O2S/c1-18(11-12-5-3-2-4-6-12)21(19,20)15-8-7-14(17)9-13(15)10-16/h7-9,12H,2-6,11,17H2,1H3. The Labute approximate surface area is 126 Å². The molecule has 2 N–H and O–H groups in total. The van der Waals surface area contributed by atoms with Gasteiger partial charge in [-0.15, -0.1) is 0 Å². The molecule has 1 aromatic rings. The number of nitrogen functional groups attached to an aromatic ring is 1. The normalized spacial score (nSPS) is 16.8. The number of benzene rings is 1. The summed E-state index contributed by atoms with van der Waals surface area (Å²) in [6.45, 7) is 0.511. The van der Waals surface area contributed by atoms with Crippen molar-refractivity contribution in [2.24, 2.45) is 5.92 Å². The van der Waals surface area contributed by atoms with E-state index in [0.29, 0.717) is 18.2 Å². The number of hydrogen-bond acceptors (Lipinski definition) is 4. The zero-order chi connectivity index (χ0) is 15.5. The summed E-state index contributed by atoms with van der Waals surface area (Å²) >= 11 is 0. The molecule has 21 heavy (non-hydrogen) atoms. The van der Waals surface area contributed by atoms with E-state index >= 15 is 0 Å². The van der Waals surface area contributed by atoms with Gasteiger partial charge in [-0.2, -0.15) is 5.26 Å². The molecule has 0 heterocycles. The van der Waals surface area contributed by atoms with Crippen LogP contribution in [0.2, 0.25) is 0 Å². The van der Waals surface area contributed by atoms with Crippen LogP contribution in [-0.4, -0.2) is 26.3 Å². The molecular weight excluding hydrogens is 286 g/mol. The summed E-state index contributed by atoms with van der Waals surface area (Å²) in [7, 11) is -2.06. The molecule has 0 radical (unpaired) electrons. The average Bonchev–Trinajstić information content (AvgIpc) is 2.47. The SMILES string of the molecule is CN(CC1CCCCC1)S(=O)(=O)c1ccc(N)cc1C#N. The van der Waals surface area contributed by atoms with E-state index in [9.17, 15) is 8.42 Å². The molecule has 0 aliphatic heterocycles. The van der Waals surface area contributed by atoms with E-state index in [0.717, 1.165) is 12.8 Å². The van der Waals surface area contributed by atoms with Crippen LogP contribution < -0.4 is 5.73 Å². The van der Waals surface area contributed by atoms with Gasteiger partial charge in [0.2, 0.25) is 10.0 Å². The van der Waals surface area contributed by atoms with Gasteiger partial charge in [-0.25, -0.2) is 12.7 Å². The Balaban J connectivity index is 2.23. The third-order valence-electron chi connectivity index (χ3n) is 4.05. The maximum absolute atomic E-state index is 12.6. The Bertz CT molecular complexity index is 643. The summed E-state index contributed by atoms with van der Waals surface area (Å²) in [5.41, 5.74) is 6.10. The first-order chi connectivity index (χ1) is 9.95.